The molecule has 1 unspecified atom stereocenters. The Labute approximate surface area is 90.5 Å². The molecule has 0 aliphatic rings. The highest BCUT2D eigenvalue weighted by molar-refractivity contribution is 7.10. The highest BCUT2D eigenvalue weighted by Crippen LogP contribution is 2.18. The molecule has 0 spiro atoms. The van der Waals surface area contributed by atoms with Gasteiger partial charge < -0.3 is 11.1 Å². The third kappa shape index (κ3) is 3.68. The molecule has 0 saturated carbocycles. The summed E-state index contributed by atoms with van der Waals surface area (Å²) in [5.41, 5.74) is 6.71. The van der Waals surface area contributed by atoms with E-state index in [0.29, 0.717) is 6.04 Å². The first-order chi connectivity index (χ1) is 6.59. The van der Waals surface area contributed by atoms with Crippen LogP contribution in [0, 0.1) is 5.92 Å². The molecule has 0 amide bonds. The lowest BCUT2D eigenvalue weighted by atomic mass is 10.1. The Hall–Kier alpha value is -0.540. The number of hydrogen-bond donors (Lipinski definition) is 2. The molecule has 1 heterocycles. The zero-order valence-electron chi connectivity index (χ0n) is 9.21. The van der Waals surface area contributed by atoms with E-state index in [2.05, 4.69) is 26.1 Å². The Kier molecular flexibility index (Phi) is 4.42. The van der Waals surface area contributed by atoms with Crippen molar-refractivity contribution in [2.24, 2.45) is 5.92 Å². The molecule has 1 rings (SSSR count). The van der Waals surface area contributed by atoms with Crippen molar-refractivity contribution in [1.29, 1.82) is 0 Å². The van der Waals surface area contributed by atoms with E-state index in [-0.39, 0.29) is 0 Å². The van der Waals surface area contributed by atoms with E-state index in [1.54, 1.807) is 11.3 Å². The largest absolute Gasteiger partial charge is 0.398 e. The van der Waals surface area contributed by atoms with Crippen LogP contribution in [0.25, 0.3) is 0 Å². The molecule has 1 aromatic rings. The Morgan fingerprint density at radius 2 is 2.14 bits per heavy atom. The number of rotatable bonds is 5. The Morgan fingerprint density at radius 1 is 1.43 bits per heavy atom. The van der Waals surface area contributed by atoms with Crippen molar-refractivity contribution in [2.45, 2.75) is 39.8 Å². The van der Waals surface area contributed by atoms with Crippen LogP contribution in [0.5, 0.6) is 0 Å². The maximum absolute atomic E-state index is 5.80. The third-order valence-electron chi connectivity index (χ3n) is 2.22. The lowest BCUT2D eigenvalue weighted by molar-refractivity contribution is 0.443. The highest BCUT2D eigenvalue weighted by atomic mass is 32.1. The van der Waals surface area contributed by atoms with Gasteiger partial charge in [-0.05, 0) is 30.7 Å². The second kappa shape index (κ2) is 5.37. The van der Waals surface area contributed by atoms with Gasteiger partial charge in [-0.3, -0.25) is 0 Å². The summed E-state index contributed by atoms with van der Waals surface area (Å²) in [4.78, 5) is 1.25. The van der Waals surface area contributed by atoms with E-state index in [4.69, 9.17) is 5.73 Å². The van der Waals surface area contributed by atoms with E-state index < -0.39 is 0 Å². The maximum Gasteiger partial charge on any atom is 0.0468 e. The minimum absolute atomic E-state index is 0.566. The number of hydrogen-bond acceptors (Lipinski definition) is 3. The first-order valence-electron chi connectivity index (χ1n) is 5.14. The Morgan fingerprint density at radius 3 is 2.64 bits per heavy atom. The predicted molar refractivity (Wildman–Crippen MR) is 64.5 cm³/mol. The lowest BCUT2D eigenvalue weighted by Crippen LogP contribution is -2.26. The van der Waals surface area contributed by atoms with Gasteiger partial charge in [-0.15, -0.1) is 11.3 Å². The summed E-state index contributed by atoms with van der Waals surface area (Å²) < 4.78 is 0. The summed E-state index contributed by atoms with van der Waals surface area (Å²) in [6.45, 7) is 7.62. The van der Waals surface area contributed by atoms with Crippen LogP contribution in [0.1, 0.15) is 32.1 Å². The molecule has 0 saturated heterocycles. The molecule has 0 fully saturated rings. The van der Waals surface area contributed by atoms with Crippen molar-refractivity contribution in [3.63, 3.8) is 0 Å². The average molecular weight is 212 g/mol. The SMILES string of the molecule is CC(C)CC(C)NCc1sccc1N. The Bertz CT molecular complexity index is 268. The zero-order valence-corrected chi connectivity index (χ0v) is 10.0. The highest BCUT2D eigenvalue weighted by Gasteiger charge is 2.06. The molecule has 0 aromatic carbocycles. The molecule has 0 bridgehead atoms. The summed E-state index contributed by atoms with van der Waals surface area (Å²) in [7, 11) is 0. The van der Waals surface area contributed by atoms with Crippen LogP contribution in [0.2, 0.25) is 0 Å². The smallest absolute Gasteiger partial charge is 0.0468 e. The van der Waals surface area contributed by atoms with E-state index in [1.807, 2.05) is 11.4 Å². The number of anilines is 1. The number of nitrogens with two attached hydrogens (primary N) is 1. The number of thiophene rings is 1. The number of nitrogens with one attached hydrogen (secondary N) is 1. The molecule has 0 radical (unpaired) electrons. The third-order valence-corrected chi connectivity index (χ3v) is 3.15. The van der Waals surface area contributed by atoms with Gasteiger partial charge in [0, 0.05) is 23.2 Å². The topological polar surface area (TPSA) is 38.0 Å². The minimum atomic E-state index is 0.566. The van der Waals surface area contributed by atoms with Crippen molar-refractivity contribution < 1.29 is 0 Å². The van der Waals surface area contributed by atoms with Gasteiger partial charge in [-0.2, -0.15) is 0 Å². The van der Waals surface area contributed by atoms with E-state index in [0.717, 1.165) is 18.2 Å². The first kappa shape index (κ1) is 11.5. The van der Waals surface area contributed by atoms with Gasteiger partial charge in [-0.25, -0.2) is 0 Å². The first-order valence-corrected chi connectivity index (χ1v) is 6.02. The van der Waals surface area contributed by atoms with Crippen LogP contribution in [-0.2, 0) is 6.54 Å². The monoisotopic (exact) mass is 212 g/mol. The fourth-order valence-electron chi connectivity index (χ4n) is 1.55. The summed E-state index contributed by atoms with van der Waals surface area (Å²) in [6, 6.07) is 2.53. The van der Waals surface area contributed by atoms with Gasteiger partial charge >= 0.3 is 0 Å². The van der Waals surface area contributed by atoms with Crippen molar-refractivity contribution in [3.05, 3.63) is 16.3 Å². The van der Waals surface area contributed by atoms with Crippen molar-refractivity contribution >= 4 is 17.0 Å². The molecule has 0 aliphatic heterocycles. The minimum Gasteiger partial charge on any atom is -0.398 e. The maximum atomic E-state index is 5.80. The second-order valence-corrected chi connectivity index (χ2v) is 5.21. The van der Waals surface area contributed by atoms with Gasteiger partial charge in [0.2, 0.25) is 0 Å². The van der Waals surface area contributed by atoms with Crippen LogP contribution in [0.3, 0.4) is 0 Å². The van der Waals surface area contributed by atoms with Gasteiger partial charge in [0.15, 0.2) is 0 Å². The van der Waals surface area contributed by atoms with Gasteiger partial charge in [-0.1, -0.05) is 13.8 Å². The molecule has 2 nitrogen and oxygen atoms in total. The van der Waals surface area contributed by atoms with Crippen molar-refractivity contribution in [1.82, 2.24) is 5.32 Å². The summed E-state index contributed by atoms with van der Waals surface area (Å²) in [6.07, 6.45) is 1.21. The molecule has 3 N–H and O–H groups in total. The molecule has 14 heavy (non-hydrogen) atoms. The summed E-state index contributed by atoms with van der Waals surface area (Å²) >= 11 is 1.72. The van der Waals surface area contributed by atoms with E-state index in [9.17, 15) is 0 Å². The van der Waals surface area contributed by atoms with Gasteiger partial charge in [0.25, 0.3) is 0 Å². The fraction of sp³-hybridized carbons (Fsp3) is 0.636. The number of nitrogen functional groups attached to an aromatic ring is 1. The van der Waals surface area contributed by atoms with E-state index in [1.165, 1.54) is 11.3 Å². The normalized spacial score (nSPS) is 13.4. The van der Waals surface area contributed by atoms with Crippen molar-refractivity contribution in [3.8, 4) is 0 Å². The Balaban J connectivity index is 2.30. The molecule has 1 aromatic heterocycles. The van der Waals surface area contributed by atoms with Crippen molar-refractivity contribution in [2.75, 3.05) is 5.73 Å². The molecular formula is C11H20N2S. The average Bonchev–Trinajstić information content (AvgIpc) is 2.46. The summed E-state index contributed by atoms with van der Waals surface area (Å²) in [5.74, 6) is 0.748. The van der Waals surface area contributed by atoms with Crippen LogP contribution in [-0.4, -0.2) is 6.04 Å². The fourth-order valence-corrected chi connectivity index (χ4v) is 2.30. The summed E-state index contributed by atoms with van der Waals surface area (Å²) in [5, 5.41) is 5.53. The van der Waals surface area contributed by atoms with Crippen LogP contribution >= 0.6 is 11.3 Å². The lowest BCUT2D eigenvalue weighted by Gasteiger charge is -2.15. The molecular weight excluding hydrogens is 192 g/mol. The van der Waals surface area contributed by atoms with Crippen LogP contribution in [0.15, 0.2) is 11.4 Å². The quantitative estimate of drug-likeness (QED) is 0.787. The van der Waals surface area contributed by atoms with Crippen LogP contribution < -0.4 is 11.1 Å². The van der Waals surface area contributed by atoms with Crippen LogP contribution in [0.4, 0.5) is 5.69 Å². The van der Waals surface area contributed by atoms with Gasteiger partial charge in [0.1, 0.15) is 0 Å². The zero-order chi connectivity index (χ0) is 10.6. The van der Waals surface area contributed by atoms with Gasteiger partial charge in [0.05, 0.1) is 0 Å². The molecule has 0 aliphatic carbocycles. The predicted octanol–water partition coefficient (Wildman–Crippen LogP) is 2.85. The molecule has 1 atom stereocenters. The standard InChI is InChI=1S/C11H20N2S/c1-8(2)6-9(3)13-7-11-10(12)4-5-14-11/h4-5,8-9,13H,6-7,12H2,1-3H3. The second-order valence-electron chi connectivity index (χ2n) is 4.21. The molecule has 3 heteroatoms. The van der Waals surface area contributed by atoms with E-state index >= 15 is 0 Å². The molecule has 80 valence electrons.